The fourth-order valence-corrected chi connectivity index (χ4v) is 3.76. The molecule has 22 heavy (non-hydrogen) atoms. The van der Waals surface area contributed by atoms with Crippen LogP contribution < -0.4 is 4.67 Å². The SMILES string of the molecule is CCCC(CC(Cl)(Cl)Cl)c1cn(C(C)(C)C)sc1=NC(=O)O. The number of aromatic nitrogens is 1. The van der Waals surface area contributed by atoms with Gasteiger partial charge in [-0.2, -0.15) is 4.99 Å². The van der Waals surface area contributed by atoms with Crippen molar-refractivity contribution in [2.45, 2.75) is 62.2 Å². The number of hydrogen-bond donors (Lipinski definition) is 1. The number of carbonyl (C=O) groups is 1. The molecule has 1 heterocycles. The van der Waals surface area contributed by atoms with Crippen LogP contribution in [0, 0.1) is 0 Å². The van der Waals surface area contributed by atoms with Crippen molar-refractivity contribution < 1.29 is 9.90 Å². The molecule has 0 aliphatic carbocycles. The Bertz CT molecular complexity index is 582. The van der Waals surface area contributed by atoms with Gasteiger partial charge in [-0.05, 0) is 44.6 Å². The zero-order valence-corrected chi connectivity index (χ0v) is 16.2. The van der Waals surface area contributed by atoms with Crippen molar-refractivity contribution in [2.24, 2.45) is 4.99 Å². The summed E-state index contributed by atoms with van der Waals surface area (Å²) in [6.07, 6.45) is 2.76. The summed E-state index contributed by atoms with van der Waals surface area (Å²) in [7, 11) is 0. The van der Waals surface area contributed by atoms with E-state index in [1.807, 2.05) is 37.8 Å². The second-order valence-electron chi connectivity index (χ2n) is 6.18. The van der Waals surface area contributed by atoms with E-state index < -0.39 is 9.89 Å². The van der Waals surface area contributed by atoms with Gasteiger partial charge in [-0.15, -0.1) is 0 Å². The molecule has 1 N–H and O–H groups in total. The Hall–Kier alpha value is -0.230. The lowest BCUT2D eigenvalue weighted by Crippen LogP contribution is -2.18. The zero-order valence-electron chi connectivity index (χ0n) is 13.1. The van der Waals surface area contributed by atoms with E-state index in [9.17, 15) is 4.79 Å². The van der Waals surface area contributed by atoms with Crippen molar-refractivity contribution in [3.05, 3.63) is 16.4 Å². The summed E-state index contributed by atoms with van der Waals surface area (Å²) in [5.41, 5.74) is 0.665. The summed E-state index contributed by atoms with van der Waals surface area (Å²) in [5.74, 6) is -0.0459. The van der Waals surface area contributed by atoms with Gasteiger partial charge in [0.1, 0.15) is 4.67 Å². The average Bonchev–Trinajstić information content (AvgIpc) is 2.69. The minimum absolute atomic E-state index is 0.0459. The van der Waals surface area contributed by atoms with Gasteiger partial charge in [0, 0.05) is 23.7 Å². The lowest BCUT2D eigenvalue weighted by molar-refractivity contribution is 0.205. The van der Waals surface area contributed by atoms with E-state index in [1.165, 1.54) is 11.5 Å². The molecular weight excluding hydrogens is 367 g/mol. The molecule has 1 aromatic heterocycles. The standard InChI is InChI=1S/C14H21Cl3N2O2S/c1-5-6-9(7-14(15,16)17)10-8-19(13(2,3)4)22-11(10)18-12(20)21/h8-9H,5-7H2,1-4H3,(H,20,21). The Morgan fingerprint density at radius 1 is 1.41 bits per heavy atom. The van der Waals surface area contributed by atoms with Crippen molar-refractivity contribution in [2.75, 3.05) is 0 Å². The number of halogens is 3. The molecule has 1 amide bonds. The van der Waals surface area contributed by atoms with Crippen LogP contribution in [0.4, 0.5) is 4.79 Å². The fraction of sp³-hybridized carbons (Fsp3) is 0.714. The number of carboxylic acid groups (broad SMARTS) is 1. The average molecular weight is 388 g/mol. The van der Waals surface area contributed by atoms with Crippen molar-refractivity contribution in [1.82, 2.24) is 3.96 Å². The maximum Gasteiger partial charge on any atom is 0.432 e. The summed E-state index contributed by atoms with van der Waals surface area (Å²) < 4.78 is 1.08. The first-order valence-corrected chi connectivity index (χ1v) is 8.92. The van der Waals surface area contributed by atoms with Crippen LogP contribution in [0.15, 0.2) is 11.2 Å². The number of hydrogen-bond acceptors (Lipinski definition) is 2. The Kier molecular flexibility index (Phi) is 6.81. The summed E-state index contributed by atoms with van der Waals surface area (Å²) in [6, 6.07) is 0. The molecule has 1 aromatic rings. The first-order chi connectivity index (χ1) is 9.94. The summed E-state index contributed by atoms with van der Waals surface area (Å²) in [6.45, 7) is 8.17. The zero-order chi connectivity index (χ0) is 17.1. The first-order valence-electron chi connectivity index (χ1n) is 7.01. The van der Waals surface area contributed by atoms with Gasteiger partial charge in [-0.1, -0.05) is 48.1 Å². The normalized spacial score (nSPS) is 15.1. The Morgan fingerprint density at radius 2 is 2.00 bits per heavy atom. The summed E-state index contributed by atoms with van der Waals surface area (Å²) >= 11 is 19.2. The predicted octanol–water partition coefficient (Wildman–Crippen LogP) is 5.53. The van der Waals surface area contributed by atoms with E-state index in [1.54, 1.807) is 0 Å². The number of rotatable bonds is 4. The molecule has 0 bridgehead atoms. The third kappa shape index (κ3) is 6.11. The molecule has 1 rings (SSSR count). The van der Waals surface area contributed by atoms with Gasteiger partial charge in [-0.3, -0.25) is 3.96 Å². The molecule has 0 saturated carbocycles. The van der Waals surface area contributed by atoms with E-state index in [-0.39, 0.29) is 11.5 Å². The predicted molar refractivity (Wildman–Crippen MR) is 93.4 cm³/mol. The maximum atomic E-state index is 11.0. The molecule has 1 unspecified atom stereocenters. The molecule has 126 valence electrons. The van der Waals surface area contributed by atoms with E-state index >= 15 is 0 Å². The van der Waals surface area contributed by atoms with Crippen LogP contribution in [0.2, 0.25) is 0 Å². The van der Waals surface area contributed by atoms with Crippen molar-refractivity contribution in [3.63, 3.8) is 0 Å². The number of alkyl halides is 3. The largest absolute Gasteiger partial charge is 0.463 e. The topological polar surface area (TPSA) is 54.6 Å². The first kappa shape index (κ1) is 19.8. The highest BCUT2D eigenvalue weighted by Gasteiger charge is 2.29. The van der Waals surface area contributed by atoms with Gasteiger partial charge in [0.05, 0.1) is 0 Å². The van der Waals surface area contributed by atoms with Crippen molar-refractivity contribution in [1.29, 1.82) is 0 Å². The second kappa shape index (κ2) is 7.56. The van der Waals surface area contributed by atoms with Crippen LogP contribution in [0.5, 0.6) is 0 Å². The van der Waals surface area contributed by atoms with Gasteiger partial charge in [-0.25, -0.2) is 4.79 Å². The molecule has 0 saturated heterocycles. The lowest BCUT2D eigenvalue weighted by Gasteiger charge is -2.21. The molecular formula is C14H21Cl3N2O2S. The number of amides is 1. The van der Waals surface area contributed by atoms with Gasteiger partial charge in [0.2, 0.25) is 0 Å². The lowest BCUT2D eigenvalue weighted by atomic mass is 9.94. The summed E-state index contributed by atoms with van der Waals surface area (Å²) in [4.78, 5) is 14.7. The molecule has 8 heteroatoms. The molecule has 0 aliphatic heterocycles. The molecule has 0 spiro atoms. The highest BCUT2D eigenvalue weighted by molar-refractivity contribution is 7.04. The van der Waals surface area contributed by atoms with E-state index in [0.29, 0.717) is 11.1 Å². The van der Waals surface area contributed by atoms with Crippen molar-refractivity contribution >= 4 is 52.4 Å². The van der Waals surface area contributed by atoms with Crippen LogP contribution in [0.1, 0.15) is 58.4 Å². The van der Waals surface area contributed by atoms with Gasteiger partial charge in [0.25, 0.3) is 0 Å². The van der Waals surface area contributed by atoms with E-state index in [4.69, 9.17) is 39.9 Å². The van der Waals surface area contributed by atoms with Crippen LogP contribution in [-0.2, 0) is 5.54 Å². The molecule has 0 aliphatic rings. The maximum absolute atomic E-state index is 11.0. The van der Waals surface area contributed by atoms with E-state index in [2.05, 4.69) is 4.99 Å². The molecule has 1 atom stereocenters. The second-order valence-corrected chi connectivity index (χ2v) is 9.66. The van der Waals surface area contributed by atoms with Gasteiger partial charge in [0.15, 0.2) is 3.79 Å². The van der Waals surface area contributed by atoms with Gasteiger partial charge < -0.3 is 5.11 Å². The molecule has 0 radical (unpaired) electrons. The molecule has 0 fully saturated rings. The fourth-order valence-electron chi connectivity index (χ4n) is 2.13. The van der Waals surface area contributed by atoms with Crippen LogP contribution in [0.25, 0.3) is 0 Å². The quantitative estimate of drug-likeness (QED) is 0.691. The Balaban J connectivity index is 3.40. The van der Waals surface area contributed by atoms with Crippen LogP contribution >= 0.6 is 46.3 Å². The minimum Gasteiger partial charge on any atom is -0.463 e. The highest BCUT2D eigenvalue weighted by Crippen LogP contribution is 2.39. The molecule has 4 nitrogen and oxygen atoms in total. The Labute approximate surface area is 149 Å². The van der Waals surface area contributed by atoms with E-state index in [0.717, 1.165) is 18.4 Å². The van der Waals surface area contributed by atoms with Crippen LogP contribution in [0.3, 0.4) is 0 Å². The minimum atomic E-state index is -1.38. The van der Waals surface area contributed by atoms with Crippen LogP contribution in [-0.4, -0.2) is 18.9 Å². The van der Waals surface area contributed by atoms with Crippen molar-refractivity contribution in [3.8, 4) is 0 Å². The number of nitrogens with zero attached hydrogens (tertiary/aromatic N) is 2. The summed E-state index contributed by atoms with van der Waals surface area (Å²) in [5, 5.41) is 9.00. The smallest absolute Gasteiger partial charge is 0.432 e. The highest BCUT2D eigenvalue weighted by atomic mass is 35.6. The monoisotopic (exact) mass is 386 g/mol. The van der Waals surface area contributed by atoms with Gasteiger partial charge >= 0.3 is 6.09 Å². The third-order valence-electron chi connectivity index (χ3n) is 3.10. The Morgan fingerprint density at radius 3 is 2.41 bits per heavy atom. The molecule has 0 aromatic carbocycles. The third-order valence-corrected chi connectivity index (χ3v) is 4.91.